The molecule has 0 unspecified atom stereocenters. The highest BCUT2D eigenvalue weighted by Crippen LogP contribution is 2.35. The summed E-state index contributed by atoms with van der Waals surface area (Å²) in [6.45, 7) is 4.09. The van der Waals surface area contributed by atoms with Crippen LogP contribution in [0.25, 0.3) is 22.3 Å². The Morgan fingerprint density at radius 3 is 1.96 bits per heavy atom. The Morgan fingerprint density at radius 1 is 0.679 bits per heavy atom. The molecule has 0 bridgehead atoms. The molecule has 0 heterocycles. The average Bonchev–Trinajstić information content (AvgIpc) is 2.74. The molecule has 0 N–H and O–H groups in total. The van der Waals surface area contributed by atoms with Crippen LogP contribution >= 0.6 is 0 Å². The summed E-state index contributed by atoms with van der Waals surface area (Å²) in [5.74, 6) is -0.841. The molecule has 0 aliphatic rings. The summed E-state index contributed by atoms with van der Waals surface area (Å²) in [7, 11) is 0. The van der Waals surface area contributed by atoms with Gasteiger partial charge in [-0.25, -0.2) is 9.59 Å². The maximum absolute atomic E-state index is 12.6. The van der Waals surface area contributed by atoms with Gasteiger partial charge in [0.25, 0.3) is 0 Å². The zero-order valence-corrected chi connectivity index (χ0v) is 16.0. The van der Waals surface area contributed by atoms with Gasteiger partial charge in [-0.1, -0.05) is 54.6 Å². The molecular weight excluding hydrogens is 352 g/mol. The van der Waals surface area contributed by atoms with E-state index in [1.807, 2.05) is 54.6 Å². The third kappa shape index (κ3) is 4.12. The van der Waals surface area contributed by atoms with Gasteiger partial charge in [0.2, 0.25) is 0 Å². The van der Waals surface area contributed by atoms with Gasteiger partial charge in [0.05, 0.1) is 24.3 Å². The summed E-state index contributed by atoms with van der Waals surface area (Å²) in [5, 5.41) is 0. The highest BCUT2D eigenvalue weighted by Gasteiger charge is 2.19. The van der Waals surface area contributed by atoms with E-state index in [2.05, 4.69) is 0 Å². The number of hydrogen-bond acceptors (Lipinski definition) is 4. The van der Waals surface area contributed by atoms with Crippen LogP contribution in [0, 0.1) is 0 Å². The van der Waals surface area contributed by atoms with Crippen LogP contribution in [0.5, 0.6) is 0 Å². The summed E-state index contributed by atoms with van der Waals surface area (Å²) in [4.78, 5) is 24.8. The number of rotatable bonds is 6. The van der Waals surface area contributed by atoms with Gasteiger partial charge < -0.3 is 9.47 Å². The number of benzene rings is 3. The first kappa shape index (κ1) is 19.4. The maximum atomic E-state index is 12.6. The molecule has 0 saturated heterocycles. The molecule has 0 radical (unpaired) electrons. The summed E-state index contributed by atoms with van der Waals surface area (Å²) >= 11 is 0. The van der Waals surface area contributed by atoms with Crippen molar-refractivity contribution in [3.63, 3.8) is 0 Å². The fourth-order valence-corrected chi connectivity index (χ4v) is 3.08. The molecule has 0 aliphatic heterocycles. The van der Waals surface area contributed by atoms with Crippen molar-refractivity contribution in [3.8, 4) is 22.3 Å². The second-order valence-electron chi connectivity index (χ2n) is 6.11. The first-order chi connectivity index (χ1) is 13.7. The Bertz CT molecular complexity index is 977. The van der Waals surface area contributed by atoms with Crippen LogP contribution in [0.2, 0.25) is 0 Å². The second kappa shape index (κ2) is 9.00. The minimum Gasteiger partial charge on any atom is -0.462 e. The third-order valence-corrected chi connectivity index (χ3v) is 4.33. The Hall–Kier alpha value is -3.40. The molecule has 0 saturated carbocycles. The summed E-state index contributed by atoms with van der Waals surface area (Å²) < 4.78 is 10.4. The van der Waals surface area contributed by atoms with E-state index in [1.165, 1.54) is 0 Å². The van der Waals surface area contributed by atoms with Crippen molar-refractivity contribution in [2.24, 2.45) is 0 Å². The van der Waals surface area contributed by atoms with Crippen LogP contribution in [0.3, 0.4) is 0 Å². The van der Waals surface area contributed by atoms with Crippen LogP contribution in [-0.4, -0.2) is 25.2 Å². The van der Waals surface area contributed by atoms with E-state index >= 15 is 0 Å². The molecule has 28 heavy (non-hydrogen) atoms. The summed E-state index contributed by atoms with van der Waals surface area (Å²) in [6.07, 6.45) is 0. The molecule has 142 valence electrons. The smallest absolute Gasteiger partial charge is 0.338 e. The topological polar surface area (TPSA) is 52.6 Å². The van der Waals surface area contributed by atoms with Gasteiger partial charge in [-0.15, -0.1) is 0 Å². The number of carbonyl (C=O) groups is 2. The van der Waals surface area contributed by atoms with E-state index in [0.717, 1.165) is 16.7 Å². The molecule has 0 amide bonds. The zero-order valence-electron chi connectivity index (χ0n) is 16.0. The van der Waals surface area contributed by atoms with Crippen molar-refractivity contribution in [2.45, 2.75) is 13.8 Å². The standard InChI is InChI=1S/C24H22O4/c1-3-27-23(25)18-14-15-21(24(26)28-4-2)22(16-18)20-13-9-8-12-19(20)17-10-6-5-7-11-17/h5-16H,3-4H2,1-2H3. The van der Waals surface area contributed by atoms with Crippen LogP contribution in [0.1, 0.15) is 34.6 Å². The Kier molecular flexibility index (Phi) is 6.22. The number of hydrogen-bond donors (Lipinski definition) is 0. The highest BCUT2D eigenvalue weighted by molar-refractivity contribution is 6.02. The van der Waals surface area contributed by atoms with Gasteiger partial charge >= 0.3 is 11.9 Å². The minimum atomic E-state index is -0.421. The van der Waals surface area contributed by atoms with Crippen molar-refractivity contribution < 1.29 is 19.1 Å². The largest absolute Gasteiger partial charge is 0.462 e. The lowest BCUT2D eigenvalue weighted by atomic mass is 9.90. The van der Waals surface area contributed by atoms with E-state index in [9.17, 15) is 9.59 Å². The van der Waals surface area contributed by atoms with Crippen LogP contribution in [0.15, 0.2) is 72.8 Å². The van der Waals surface area contributed by atoms with Gasteiger partial charge in [0.15, 0.2) is 0 Å². The normalized spacial score (nSPS) is 10.4. The van der Waals surface area contributed by atoms with Crippen molar-refractivity contribution in [1.29, 1.82) is 0 Å². The highest BCUT2D eigenvalue weighted by atomic mass is 16.5. The first-order valence-electron chi connectivity index (χ1n) is 9.28. The van der Waals surface area contributed by atoms with Crippen molar-refractivity contribution >= 4 is 11.9 Å². The third-order valence-electron chi connectivity index (χ3n) is 4.33. The van der Waals surface area contributed by atoms with Gasteiger partial charge in [-0.2, -0.15) is 0 Å². The second-order valence-corrected chi connectivity index (χ2v) is 6.11. The maximum Gasteiger partial charge on any atom is 0.338 e. The molecular formula is C24H22O4. The molecule has 0 fully saturated rings. The number of esters is 2. The van der Waals surface area contributed by atoms with E-state index in [4.69, 9.17) is 9.47 Å². The van der Waals surface area contributed by atoms with Gasteiger partial charge in [-0.05, 0) is 54.3 Å². The molecule has 0 spiro atoms. The Labute approximate surface area is 164 Å². The lowest BCUT2D eigenvalue weighted by Crippen LogP contribution is -2.10. The molecule has 3 aromatic rings. The first-order valence-corrected chi connectivity index (χ1v) is 9.28. The fraction of sp³-hybridized carbons (Fsp3) is 0.167. The van der Waals surface area contributed by atoms with Crippen molar-refractivity contribution in [2.75, 3.05) is 13.2 Å². The fourth-order valence-electron chi connectivity index (χ4n) is 3.08. The Balaban J connectivity index is 2.20. The molecule has 4 heteroatoms. The van der Waals surface area contributed by atoms with Crippen molar-refractivity contribution in [1.82, 2.24) is 0 Å². The number of carbonyl (C=O) groups excluding carboxylic acids is 2. The predicted octanol–water partition coefficient (Wildman–Crippen LogP) is 5.37. The Morgan fingerprint density at radius 2 is 1.29 bits per heavy atom. The molecule has 0 aromatic heterocycles. The molecule has 4 nitrogen and oxygen atoms in total. The molecule has 0 atom stereocenters. The lowest BCUT2D eigenvalue weighted by Gasteiger charge is -2.15. The van der Waals surface area contributed by atoms with E-state index in [0.29, 0.717) is 16.7 Å². The van der Waals surface area contributed by atoms with E-state index in [-0.39, 0.29) is 13.2 Å². The molecule has 3 aromatic carbocycles. The lowest BCUT2D eigenvalue weighted by molar-refractivity contribution is 0.0512. The summed E-state index contributed by atoms with van der Waals surface area (Å²) in [6, 6.07) is 22.6. The van der Waals surface area contributed by atoms with E-state index in [1.54, 1.807) is 32.0 Å². The minimum absolute atomic E-state index is 0.276. The zero-order chi connectivity index (χ0) is 19.9. The van der Waals surface area contributed by atoms with Crippen LogP contribution in [-0.2, 0) is 9.47 Å². The predicted molar refractivity (Wildman–Crippen MR) is 109 cm³/mol. The van der Waals surface area contributed by atoms with Crippen molar-refractivity contribution in [3.05, 3.63) is 83.9 Å². The quantitative estimate of drug-likeness (QED) is 0.544. The van der Waals surface area contributed by atoms with Crippen LogP contribution < -0.4 is 0 Å². The number of ether oxygens (including phenoxy) is 2. The average molecular weight is 374 g/mol. The van der Waals surface area contributed by atoms with Gasteiger partial charge in [-0.3, -0.25) is 0 Å². The summed E-state index contributed by atoms with van der Waals surface area (Å²) in [5.41, 5.74) is 4.29. The van der Waals surface area contributed by atoms with Crippen LogP contribution in [0.4, 0.5) is 0 Å². The van der Waals surface area contributed by atoms with Gasteiger partial charge in [0.1, 0.15) is 0 Å². The van der Waals surface area contributed by atoms with Gasteiger partial charge in [0, 0.05) is 0 Å². The SMILES string of the molecule is CCOC(=O)c1ccc(C(=O)OCC)c(-c2ccccc2-c2ccccc2)c1. The van der Waals surface area contributed by atoms with E-state index < -0.39 is 11.9 Å². The monoisotopic (exact) mass is 374 g/mol. The molecule has 3 rings (SSSR count). The molecule has 0 aliphatic carbocycles.